The summed E-state index contributed by atoms with van der Waals surface area (Å²) < 4.78 is 0. The van der Waals surface area contributed by atoms with Gasteiger partial charge in [0.15, 0.2) is 0 Å². The van der Waals surface area contributed by atoms with E-state index in [-0.39, 0.29) is 11.3 Å². The summed E-state index contributed by atoms with van der Waals surface area (Å²) in [6.45, 7) is 1.24. The molecule has 0 spiro atoms. The van der Waals surface area contributed by atoms with Crippen LogP contribution in [0.5, 0.6) is 0 Å². The van der Waals surface area contributed by atoms with Gasteiger partial charge in [0.1, 0.15) is 5.76 Å². The molecule has 1 aliphatic rings. The lowest BCUT2D eigenvalue weighted by molar-refractivity contribution is -0.139. The van der Waals surface area contributed by atoms with E-state index in [4.69, 9.17) is 0 Å². The maximum absolute atomic E-state index is 13.0. The average Bonchev–Trinajstić information content (AvgIpc) is 2.98. The van der Waals surface area contributed by atoms with Gasteiger partial charge in [-0.25, -0.2) is 0 Å². The van der Waals surface area contributed by atoms with Crippen LogP contribution in [0.1, 0.15) is 23.6 Å². The third kappa shape index (κ3) is 4.39. The van der Waals surface area contributed by atoms with E-state index in [1.54, 1.807) is 29.2 Å². The highest BCUT2D eigenvalue weighted by Gasteiger charge is 2.45. The van der Waals surface area contributed by atoms with Crippen LogP contribution in [0.4, 0.5) is 5.69 Å². The number of carbonyl (C=O) groups is 2. The van der Waals surface area contributed by atoms with Crippen LogP contribution in [0.3, 0.4) is 0 Å². The molecule has 1 heterocycles. The van der Waals surface area contributed by atoms with Gasteiger partial charge < -0.3 is 19.8 Å². The number of likely N-dealkylation sites (tertiary alicyclic amines) is 1. The molecule has 6 nitrogen and oxygen atoms in total. The van der Waals surface area contributed by atoms with Crippen molar-refractivity contribution in [1.82, 2.24) is 9.80 Å². The van der Waals surface area contributed by atoms with Crippen molar-refractivity contribution in [2.75, 3.05) is 46.2 Å². The number of aliphatic hydroxyl groups excluding tert-OH is 1. The molecule has 158 valence electrons. The van der Waals surface area contributed by atoms with E-state index in [9.17, 15) is 14.7 Å². The van der Waals surface area contributed by atoms with Gasteiger partial charge in [-0.15, -0.1) is 0 Å². The van der Waals surface area contributed by atoms with Crippen LogP contribution in [0.15, 0.2) is 60.2 Å². The van der Waals surface area contributed by atoms with E-state index >= 15 is 0 Å². The van der Waals surface area contributed by atoms with Crippen LogP contribution in [-0.4, -0.2) is 67.9 Å². The van der Waals surface area contributed by atoms with E-state index in [0.29, 0.717) is 12.1 Å². The smallest absolute Gasteiger partial charge is 0.295 e. The van der Waals surface area contributed by atoms with E-state index in [0.717, 1.165) is 24.2 Å². The van der Waals surface area contributed by atoms with Gasteiger partial charge in [-0.2, -0.15) is 0 Å². The lowest BCUT2D eigenvalue weighted by atomic mass is 9.95. The molecule has 2 aromatic carbocycles. The van der Waals surface area contributed by atoms with Crippen LogP contribution < -0.4 is 4.90 Å². The Labute approximate surface area is 178 Å². The second-order valence-corrected chi connectivity index (χ2v) is 8.00. The minimum Gasteiger partial charge on any atom is -0.507 e. The van der Waals surface area contributed by atoms with Gasteiger partial charge in [0.05, 0.1) is 11.6 Å². The first-order chi connectivity index (χ1) is 14.3. The SMILES string of the molecule is CN(C)CCCN1C(=O)C(=O)/C(=C(/O)c2ccccc2)C1c1ccc(N(C)C)cc1. The molecule has 0 aliphatic carbocycles. The normalized spacial score (nSPS) is 18.3. The Morgan fingerprint density at radius 2 is 1.60 bits per heavy atom. The highest BCUT2D eigenvalue weighted by Crippen LogP contribution is 2.39. The van der Waals surface area contributed by atoms with Gasteiger partial charge in [0.2, 0.25) is 0 Å². The molecule has 0 radical (unpaired) electrons. The minimum absolute atomic E-state index is 0.134. The largest absolute Gasteiger partial charge is 0.507 e. The van der Waals surface area contributed by atoms with Crippen molar-refractivity contribution in [1.29, 1.82) is 0 Å². The van der Waals surface area contributed by atoms with E-state index in [1.165, 1.54) is 0 Å². The highest BCUT2D eigenvalue weighted by molar-refractivity contribution is 6.46. The molecule has 1 N–H and O–H groups in total. The molecule has 0 aromatic heterocycles. The first-order valence-corrected chi connectivity index (χ1v) is 10.1. The highest BCUT2D eigenvalue weighted by atomic mass is 16.3. The molecule has 1 amide bonds. The molecule has 0 bridgehead atoms. The Hall–Kier alpha value is -3.12. The summed E-state index contributed by atoms with van der Waals surface area (Å²) in [4.78, 5) is 31.5. The molecule has 30 heavy (non-hydrogen) atoms. The van der Waals surface area contributed by atoms with Crippen molar-refractivity contribution in [3.05, 3.63) is 71.3 Å². The number of hydrogen-bond acceptors (Lipinski definition) is 5. The van der Waals surface area contributed by atoms with Crippen molar-refractivity contribution >= 4 is 23.1 Å². The summed E-state index contributed by atoms with van der Waals surface area (Å²) in [5.41, 5.74) is 2.50. The number of anilines is 1. The zero-order chi connectivity index (χ0) is 21.8. The van der Waals surface area contributed by atoms with Crippen LogP contribution in [-0.2, 0) is 9.59 Å². The molecule has 3 rings (SSSR count). The summed E-state index contributed by atoms with van der Waals surface area (Å²) >= 11 is 0. The Balaban J connectivity index is 2.07. The Bertz CT molecular complexity index is 934. The van der Waals surface area contributed by atoms with Crippen LogP contribution in [0.2, 0.25) is 0 Å². The second kappa shape index (κ2) is 9.13. The first kappa shape index (κ1) is 21.6. The standard InChI is InChI=1S/C24H29N3O3/c1-25(2)15-8-16-27-21(17-11-13-19(14-12-17)26(3)4)20(23(29)24(27)30)22(28)18-9-6-5-7-10-18/h5-7,9-14,21,28H,8,15-16H2,1-4H3/b22-20+. The number of hydrogen-bond donors (Lipinski definition) is 1. The number of ketones is 1. The summed E-state index contributed by atoms with van der Waals surface area (Å²) in [5, 5.41) is 11.0. The number of rotatable bonds is 7. The average molecular weight is 408 g/mol. The molecular weight excluding hydrogens is 378 g/mol. The third-order valence-electron chi connectivity index (χ3n) is 5.32. The second-order valence-electron chi connectivity index (χ2n) is 8.00. The van der Waals surface area contributed by atoms with Crippen molar-refractivity contribution < 1.29 is 14.7 Å². The maximum Gasteiger partial charge on any atom is 0.295 e. The lowest BCUT2D eigenvalue weighted by Gasteiger charge is -2.26. The zero-order valence-corrected chi connectivity index (χ0v) is 18.0. The molecule has 1 saturated heterocycles. The van der Waals surface area contributed by atoms with Gasteiger partial charge in [-0.1, -0.05) is 42.5 Å². The molecular formula is C24H29N3O3. The van der Waals surface area contributed by atoms with E-state index < -0.39 is 17.7 Å². The van der Waals surface area contributed by atoms with Crippen molar-refractivity contribution in [2.45, 2.75) is 12.5 Å². The number of aliphatic hydroxyl groups is 1. The summed E-state index contributed by atoms with van der Waals surface area (Å²) in [6.07, 6.45) is 0.734. The Kier molecular flexibility index (Phi) is 6.57. The molecule has 6 heteroatoms. The number of Topliss-reactive ketones (excluding diaryl/α,β-unsaturated/α-hetero) is 1. The fraction of sp³-hybridized carbons (Fsp3) is 0.333. The predicted octanol–water partition coefficient (Wildman–Crippen LogP) is 3.13. The van der Waals surface area contributed by atoms with E-state index in [2.05, 4.69) is 0 Å². The monoisotopic (exact) mass is 407 g/mol. The van der Waals surface area contributed by atoms with Gasteiger partial charge in [-0.05, 0) is 44.8 Å². The lowest BCUT2D eigenvalue weighted by Crippen LogP contribution is -2.32. The quantitative estimate of drug-likeness (QED) is 0.434. The zero-order valence-electron chi connectivity index (χ0n) is 18.0. The Morgan fingerprint density at radius 3 is 2.17 bits per heavy atom. The number of benzene rings is 2. The number of nitrogens with zero attached hydrogens (tertiary/aromatic N) is 3. The molecule has 2 aromatic rings. The van der Waals surface area contributed by atoms with Crippen LogP contribution >= 0.6 is 0 Å². The van der Waals surface area contributed by atoms with Gasteiger partial charge in [-0.3, -0.25) is 9.59 Å². The molecule has 1 atom stereocenters. The van der Waals surface area contributed by atoms with Gasteiger partial charge in [0, 0.05) is 31.9 Å². The topological polar surface area (TPSA) is 64.1 Å². The summed E-state index contributed by atoms with van der Waals surface area (Å²) in [6, 6.07) is 16.0. The molecule has 0 saturated carbocycles. The number of amides is 1. The van der Waals surface area contributed by atoms with Crippen molar-refractivity contribution in [2.24, 2.45) is 0 Å². The molecule has 1 fully saturated rings. The van der Waals surface area contributed by atoms with Crippen LogP contribution in [0, 0.1) is 0 Å². The van der Waals surface area contributed by atoms with Gasteiger partial charge >= 0.3 is 0 Å². The first-order valence-electron chi connectivity index (χ1n) is 10.1. The molecule has 1 unspecified atom stereocenters. The predicted molar refractivity (Wildman–Crippen MR) is 119 cm³/mol. The van der Waals surface area contributed by atoms with Crippen molar-refractivity contribution in [3.63, 3.8) is 0 Å². The Morgan fingerprint density at radius 1 is 0.967 bits per heavy atom. The maximum atomic E-state index is 13.0. The van der Waals surface area contributed by atoms with Gasteiger partial charge in [0.25, 0.3) is 11.7 Å². The molecule has 1 aliphatic heterocycles. The van der Waals surface area contributed by atoms with Crippen molar-refractivity contribution in [3.8, 4) is 0 Å². The summed E-state index contributed by atoms with van der Waals surface area (Å²) in [7, 11) is 7.86. The van der Waals surface area contributed by atoms with Crippen LogP contribution in [0.25, 0.3) is 5.76 Å². The number of carbonyl (C=O) groups excluding carboxylic acids is 2. The third-order valence-corrected chi connectivity index (χ3v) is 5.32. The fourth-order valence-electron chi connectivity index (χ4n) is 3.72. The fourth-order valence-corrected chi connectivity index (χ4v) is 3.72. The van der Waals surface area contributed by atoms with E-state index in [1.807, 2.05) is 68.3 Å². The minimum atomic E-state index is -0.636. The summed E-state index contributed by atoms with van der Waals surface area (Å²) in [5.74, 6) is -1.33.